The van der Waals surface area contributed by atoms with E-state index in [4.69, 9.17) is 4.74 Å². The van der Waals surface area contributed by atoms with Crippen LogP contribution < -0.4 is 4.74 Å². The van der Waals surface area contributed by atoms with Crippen LogP contribution in [0.25, 0.3) is 0 Å². The second-order valence-electron chi connectivity index (χ2n) is 7.55. The third-order valence-electron chi connectivity index (χ3n) is 6.62. The van der Waals surface area contributed by atoms with E-state index in [0.29, 0.717) is 30.5 Å². The van der Waals surface area contributed by atoms with Crippen LogP contribution in [0.3, 0.4) is 0 Å². The summed E-state index contributed by atoms with van der Waals surface area (Å²) in [5, 5.41) is 10.8. The van der Waals surface area contributed by atoms with Gasteiger partial charge in [0, 0.05) is 17.8 Å². The first kappa shape index (κ1) is 14.3. The number of hydrogen-bond acceptors (Lipinski definition) is 3. The molecule has 2 fully saturated rings. The number of carbonyl (C=O) groups excluding carboxylic acids is 1. The zero-order chi connectivity index (χ0) is 15.5. The van der Waals surface area contributed by atoms with E-state index >= 15 is 0 Å². The Kier molecular flexibility index (Phi) is 3.12. The Morgan fingerprint density at radius 1 is 1.27 bits per heavy atom. The van der Waals surface area contributed by atoms with E-state index in [-0.39, 0.29) is 11.3 Å². The molecule has 0 aromatic heterocycles. The summed E-state index contributed by atoms with van der Waals surface area (Å²) in [6, 6.07) is 6.25. The molecule has 0 amide bonds. The minimum absolute atomic E-state index is 0.193. The van der Waals surface area contributed by atoms with Crippen molar-refractivity contribution in [2.45, 2.75) is 51.0 Å². The first-order valence-corrected chi connectivity index (χ1v) is 8.43. The lowest BCUT2D eigenvalue weighted by Crippen LogP contribution is -2.48. The fourth-order valence-corrected chi connectivity index (χ4v) is 5.54. The summed E-state index contributed by atoms with van der Waals surface area (Å²) in [6.45, 7) is 2.09. The van der Waals surface area contributed by atoms with E-state index in [9.17, 15) is 9.90 Å². The van der Waals surface area contributed by atoms with Crippen LogP contribution in [0.2, 0.25) is 0 Å². The summed E-state index contributed by atoms with van der Waals surface area (Å²) >= 11 is 0. The van der Waals surface area contributed by atoms with E-state index < -0.39 is 6.10 Å². The lowest BCUT2D eigenvalue weighted by atomic mass is 9.54. The number of methoxy groups -OCH3 is 1. The van der Waals surface area contributed by atoms with Crippen molar-refractivity contribution in [3.05, 3.63) is 29.3 Å². The van der Waals surface area contributed by atoms with Gasteiger partial charge in [-0.25, -0.2) is 0 Å². The van der Waals surface area contributed by atoms with Gasteiger partial charge in [-0.1, -0.05) is 13.0 Å². The van der Waals surface area contributed by atoms with E-state index in [1.54, 1.807) is 7.11 Å². The molecule has 0 aliphatic heterocycles. The van der Waals surface area contributed by atoms with Crippen molar-refractivity contribution in [3.63, 3.8) is 0 Å². The third-order valence-corrected chi connectivity index (χ3v) is 6.62. The summed E-state index contributed by atoms with van der Waals surface area (Å²) in [4.78, 5) is 12.4. The highest BCUT2D eigenvalue weighted by atomic mass is 16.5. The maximum atomic E-state index is 12.4. The summed E-state index contributed by atoms with van der Waals surface area (Å²) < 4.78 is 5.34. The number of aryl methyl sites for hydroxylation is 1. The van der Waals surface area contributed by atoms with Crippen molar-refractivity contribution in [1.29, 1.82) is 0 Å². The molecular formula is C19H24O3. The molecule has 2 saturated carbocycles. The minimum atomic E-state index is -0.402. The first-order chi connectivity index (χ1) is 10.5. The molecule has 1 aromatic carbocycles. The zero-order valence-electron chi connectivity index (χ0n) is 13.3. The predicted molar refractivity (Wildman–Crippen MR) is 84.0 cm³/mol. The van der Waals surface area contributed by atoms with Gasteiger partial charge in [0.05, 0.1) is 13.2 Å². The van der Waals surface area contributed by atoms with Crippen molar-refractivity contribution in [2.75, 3.05) is 7.11 Å². The quantitative estimate of drug-likeness (QED) is 0.867. The number of aliphatic hydroxyl groups is 1. The van der Waals surface area contributed by atoms with Crippen LogP contribution >= 0.6 is 0 Å². The summed E-state index contributed by atoms with van der Waals surface area (Å²) in [5.74, 6) is 2.35. The monoisotopic (exact) mass is 300 g/mol. The van der Waals surface area contributed by atoms with Gasteiger partial charge in [-0.3, -0.25) is 4.79 Å². The molecule has 0 heterocycles. The molecule has 0 spiro atoms. The van der Waals surface area contributed by atoms with Gasteiger partial charge < -0.3 is 9.84 Å². The molecule has 5 atom stereocenters. The lowest BCUT2D eigenvalue weighted by Gasteiger charge is -2.50. The predicted octanol–water partition coefficient (Wildman–Crippen LogP) is 3.09. The van der Waals surface area contributed by atoms with Crippen LogP contribution in [0.5, 0.6) is 5.75 Å². The van der Waals surface area contributed by atoms with E-state index in [0.717, 1.165) is 25.0 Å². The van der Waals surface area contributed by atoms with E-state index in [1.165, 1.54) is 11.1 Å². The van der Waals surface area contributed by atoms with Gasteiger partial charge in [0.2, 0.25) is 0 Å². The molecule has 0 saturated heterocycles. The Balaban J connectivity index is 1.75. The average Bonchev–Trinajstić information content (AvgIpc) is 2.81. The van der Waals surface area contributed by atoms with Crippen molar-refractivity contribution >= 4 is 5.78 Å². The fourth-order valence-electron chi connectivity index (χ4n) is 5.54. The van der Waals surface area contributed by atoms with Crippen molar-refractivity contribution in [3.8, 4) is 5.75 Å². The number of fused-ring (bicyclic) bond motifs is 5. The summed E-state index contributed by atoms with van der Waals surface area (Å²) in [6.07, 6.45) is 4.04. The van der Waals surface area contributed by atoms with Gasteiger partial charge in [0.15, 0.2) is 0 Å². The molecule has 3 nitrogen and oxygen atoms in total. The average molecular weight is 300 g/mol. The lowest BCUT2D eigenvalue weighted by molar-refractivity contribution is -0.133. The van der Waals surface area contributed by atoms with Crippen LogP contribution in [-0.2, 0) is 11.2 Å². The second-order valence-corrected chi connectivity index (χ2v) is 7.55. The Hall–Kier alpha value is -1.35. The van der Waals surface area contributed by atoms with Gasteiger partial charge in [0.1, 0.15) is 11.5 Å². The highest BCUT2D eigenvalue weighted by molar-refractivity contribution is 5.87. The maximum absolute atomic E-state index is 12.4. The fraction of sp³-hybridized carbons (Fsp3) is 0.632. The largest absolute Gasteiger partial charge is 0.497 e. The Labute approximate surface area is 131 Å². The van der Waals surface area contributed by atoms with Gasteiger partial charge in [-0.2, -0.15) is 0 Å². The molecule has 118 valence electrons. The Bertz CT molecular complexity index is 623. The van der Waals surface area contributed by atoms with E-state index in [1.807, 2.05) is 6.07 Å². The SMILES string of the molecule is COc1ccc2c(c1)CC[C@@H]1[C@@H]2[C@H](O)C[C@]2(C)C(=O)CC[C@@H]12. The van der Waals surface area contributed by atoms with Crippen LogP contribution in [0.1, 0.15) is 49.7 Å². The van der Waals surface area contributed by atoms with Crippen molar-refractivity contribution in [2.24, 2.45) is 17.3 Å². The molecule has 3 aliphatic carbocycles. The normalized spacial score (nSPS) is 39.9. The second kappa shape index (κ2) is 4.82. The van der Waals surface area contributed by atoms with Gasteiger partial charge >= 0.3 is 0 Å². The molecular weight excluding hydrogens is 276 g/mol. The topological polar surface area (TPSA) is 46.5 Å². The summed E-state index contributed by atoms with van der Waals surface area (Å²) in [7, 11) is 1.69. The Morgan fingerprint density at radius 3 is 2.86 bits per heavy atom. The number of benzene rings is 1. The molecule has 3 heteroatoms. The zero-order valence-corrected chi connectivity index (χ0v) is 13.3. The van der Waals surface area contributed by atoms with Crippen LogP contribution in [-0.4, -0.2) is 24.1 Å². The number of aliphatic hydroxyl groups excluding tert-OH is 1. The number of Topliss-reactive ketones (excluding diaryl/α,β-unsaturated/α-hetero) is 1. The molecule has 0 bridgehead atoms. The highest BCUT2D eigenvalue weighted by Crippen LogP contribution is 2.59. The highest BCUT2D eigenvalue weighted by Gasteiger charge is 2.57. The minimum Gasteiger partial charge on any atom is -0.497 e. The third kappa shape index (κ3) is 1.81. The van der Waals surface area contributed by atoms with Crippen molar-refractivity contribution < 1.29 is 14.6 Å². The standard InChI is InChI=1S/C19H24O3/c1-19-10-16(20)18-13-6-4-12(22-2)9-11(13)3-5-14(18)15(19)7-8-17(19)21/h4,6,9,14-16,18,20H,3,5,7-8,10H2,1-2H3/t14-,15-,16+,18+,19-/m0/s1. The molecule has 22 heavy (non-hydrogen) atoms. The molecule has 3 aliphatic rings. The molecule has 0 unspecified atom stereocenters. The van der Waals surface area contributed by atoms with Crippen LogP contribution in [0.15, 0.2) is 18.2 Å². The van der Waals surface area contributed by atoms with Gasteiger partial charge in [-0.05, 0) is 60.8 Å². The number of rotatable bonds is 1. The maximum Gasteiger partial charge on any atom is 0.139 e. The summed E-state index contributed by atoms with van der Waals surface area (Å²) in [5.41, 5.74) is 2.31. The Morgan fingerprint density at radius 2 is 2.09 bits per heavy atom. The number of hydrogen-bond donors (Lipinski definition) is 1. The first-order valence-electron chi connectivity index (χ1n) is 8.43. The van der Waals surface area contributed by atoms with Crippen LogP contribution in [0, 0.1) is 17.3 Å². The molecule has 1 aromatic rings. The van der Waals surface area contributed by atoms with Gasteiger partial charge in [-0.15, -0.1) is 0 Å². The van der Waals surface area contributed by atoms with E-state index in [2.05, 4.69) is 19.1 Å². The number of ketones is 1. The molecule has 0 radical (unpaired) electrons. The van der Waals surface area contributed by atoms with Crippen LogP contribution in [0.4, 0.5) is 0 Å². The van der Waals surface area contributed by atoms with Crippen molar-refractivity contribution in [1.82, 2.24) is 0 Å². The smallest absolute Gasteiger partial charge is 0.139 e. The molecule has 4 rings (SSSR count). The number of ether oxygens (including phenoxy) is 1. The number of carbonyl (C=O) groups is 1. The molecule has 1 N–H and O–H groups in total. The van der Waals surface area contributed by atoms with Gasteiger partial charge in [0.25, 0.3) is 0 Å².